The van der Waals surface area contributed by atoms with Gasteiger partial charge in [0.15, 0.2) is 6.61 Å². The Hall–Kier alpha value is -2.30. The van der Waals surface area contributed by atoms with Crippen LogP contribution in [0.5, 0.6) is 0 Å². The highest BCUT2D eigenvalue weighted by Gasteiger charge is 2.08. The molecular formula is C12H14N2O3. The molecule has 1 aromatic rings. The summed E-state index contributed by atoms with van der Waals surface area (Å²) in [6.07, 6.45) is 1.54. The quantitative estimate of drug-likeness (QED) is 0.447. The molecule has 0 spiro atoms. The van der Waals surface area contributed by atoms with Gasteiger partial charge in [0.1, 0.15) is 0 Å². The van der Waals surface area contributed by atoms with Crippen molar-refractivity contribution in [3.8, 4) is 0 Å². The largest absolute Gasteiger partial charge is 0.452 e. The molecule has 0 fully saturated rings. The third kappa shape index (κ3) is 4.38. The highest BCUT2D eigenvalue weighted by atomic mass is 16.5. The van der Waals surface area contributed by atoms with Crippen LogP contribution >= 0.6 is 0 Å². The number of nitrogen functional groups attached to an aromatic ring is 1. The normalized spacial score (nSPS) is 9.41. The molecule has 5 heteroatoms. The van der Waals surface area contributed by atoms with E-state index in [2.05, 4.69) is 11.9 Å². The molecule has 0 radical (unpaired) electrons. The number of carbonyl (C=O) groups is 2. The lowest BCUT2D eigenvalue weighted by Gasteiger charge is -2.05. The first kappa shape index (κ1) is 12.8. The molecule has 0 bridgehead atoms. The van der Waals surface area contributed by atoms with Crippen LogP contribution in [-0.4, -0.2) is 25.0 Å². The first-order chi connectivity index (χ1) is 8.13. The summed E-state index contributed by atoms with van der Waals surface area (Å²) in [5.41, 5.74) is 6.40. The van der Waals surface area contributed by atoms with Crippen molar-refractivity contribution in [1.29, 1.82) is 0 Å². The first-order valence-corrected chi connectivity index (χ1v) is 5.03. The highest BCUT2D eigenvalue weighted by Crippen LogP contribution is 2.06. The molecule has 0 aliphatic carbocycles. The van der Waals surface area contributed by atoms with Crippen LogP contribution in [0.25, 0.3) is 0 Å². The summed E-state index contributed by atoms with van der Waals surface area (Å²) < 4.78 is 4.80. The SMILES string of the molecule is C=CCNC(=O)COC(=O)c1ccc(N)cc1. The van der Waals surface area contributed by atoms with Gasteiger partial charge in [0.25, 0.3) is 5.91 Å². The molecule has 0 aliphatic rings. The van der Waals surface area contributed by atoms with E-state index in [1.54, 1.807) is 30.3 Å². The van der Waals surface area contributed by atoms with Crippen LogP contribution in [0.3, 0.4) is 0 Å². The van der Waals surface area contributed by atoms with E-state index < -0.39 is 5.97 Å². The van der Waals surface area contributed by atoms with E-state index in [1.165, 1.54) is 0 Å². The van der Waals surface area contributed by atoms with Crippen LogP contribution in [0.15, 0.2) is 36.9 Å². The van der Waals surface area contributed by atoms with E-state index in [9.17, 15) is 9.59 Å². The van der Waals surface area contributed by atoms with E-state index in [0.29, 0.717) is 17.8 Å². The Morgan fingerprint density at radius 2 is 2.00 bits per heavy atom. The second kappa shape index (κ2) is 6.32. The zero-order valence-electron chi connectivity index (χ0n) is 9.31. The number of carbonyl (C=O) groups excluding carboxylic acids is 2. The Balaban J connectivity index is 2.42. The molecule has 1 aromatic carbocycles. The van der Waals surface area contributed by atoms with Crippen LogP contribution in [0.4, 0.5) is 5.69 Å². The molecule has 1 rings (SSSR count). The van der Waals surface area contributed by atoms with Gasteiger partial charge in [-0.05, 0) is 24.3 Å². The molecule has 0 saturated heterocycles. The Bertz CT molecular complexity index is 412. The minimum atomic E-state index is -0.557. The lowest BCUT2D eigenvalue weighted by atomic mass is 10.2. The molecule has 0 aliphatic heterocycles. The minimum absolute atomic E-state index is 0.308. The van der Waals surface area contributed by atoms with Gasteiger partial charge in [-0.1, -0.05) is 6.08 Å². The van der Waals surface area contributed by atoms with Gasteiger partial charge >= 0.3 is 5.97 Å². The van der Waals surface area contributed by atoms with Gasteiger partial charge in [-0.2, -0.15) is 0 Å². The van der Waals surface area contributed by atoms with Gasteiger partial charge in [-0.3, -0.25) is 4.79 Å². The second-order valence-corrected chi connectivity index (χ2v) is 3.29. The molecule has 0 saturated carbocycles. The van der Waals surface area contributed by atoms with Gasteiger partial charge < -0.3 is 15.8 Å². The fraction of sp³-hybridized carbons (Fsp3) is 0.167. The van der Waals surface area contributed by atoms with Crippen LogP contribution in [0.2, 0.25) is 0 Å². The Morgan fingerprint density at radius 1 is 1.35 bits per heavy atom. The standard InChI is InChI=1S/C12H14N2O3/c1-2-7-14-11(15)8-17-12(16)9-3-5-10(13)6-4-9/h2-6H,1,7-8,13H2,(H,14,15). The lowest BCUT2D eigenvalue weighted by molar-refractivity contribution is -0.124. The van der Waals surface area contributed by atoms with Crippen LogP contribution in [0, 0.1) is 0 Å². The topological polar surface area (TPSA) is 81.4 Å². The predicted octanol–water partition coefficient (Wildman–Crippen LogP) is 0.728. The highest BCUT2D eigenvalue weighted by molar-refractivity contribution is 5.91. The number of benzene rings is 1. The van der Waals surface area contributed by atoms with Crippen LogP contribution in [0.1, 0.15) is 10.4 Å². The fourth-order valence-corrected chi connectivity index (χ4v) is 1.07. The van der Waals surface area contributed by atoms with E-state index in [0.717, 1.165) is 0 Å². The van der Waals surface area contributed by atoms with Crippen LogP contribution in [-0.2, 0) is 9.53 Å². The van der Waals surface area contributed by atoms with Crippen molar-refractivity contribution in [3.05, 3.63) is 42.5 Å². The molecule has 5 nitrogen and oxygen atoms in total. The number of nitrogens with one attached hydrogen (secondary N) is 1. The second-order valence-electron chi connectivity index (χ2n) is 3.29. The summed E-state index contributed by atoms with van der Waals surface area (Å²) >= 11 is 0. The van der Waals surface area contributed by atoms with Crippen molar-refractivity contribution >= 4 is 17.6 Å². The molecule has 0 atom stereocenters. The van der Waals surface area contributed by atoms with Crippen molar-refractivity contribution < 1.29 is 14.3 Å². The fourth-order valence-electron chi connectivity index (χ4n) is 1.07. The van der Waals surface area contributed by atoms with Gasteiger partial charge in [0.2, 0.25) is 0 Å². The third-order valence-corrected chi connectivity index (χ3v) is 1.92. The maximum absolute atomic E-state index is 11.5. The molecule has 1 amide bonds. The lowest BCUT2D eigenvalue weighted by Crippen LogP contribution is -2.28. The maximum atomic E-state index is 11.5. The number of amides is 1. The van der Waals surface area contributed by atoms with E-state index in [4.69, 9.17) is 10.5 Å². The Labute approximate surface area is 99.3 Å². The predicted molar refractivity (Wildman–Crippen MR) is 64.3 cm³/mol. The van der Waals surface area contributed by atoms with Crippen molar-refractivity contribution in [2.24, 2.45) is 0 Å². The van der Waals surface area contributed by atoms with Crippen molar-refractivity contribution in [1.82, 2.24) is 5.32 Å². The number of ether oxygens (including phenoxy) is 1. The average molecular weight is 234 g/mol. The Kier molecular flexibility index (Phi) is 4.75. The number of hydrogen-bond donors (Lipinski definition) is 2. The smallest absolute Gasteiger partial charge is 0.338 e. The van der Waals surface area contributed by atoms with Crippen molar-refractivity contribution in [2.75, 3.05) is 18.9 Å². The van der Waals surface area contributed by atoms with Gasteiger partial charge in [0.05, 0.1) is 5.56 Å². The van der Waals surface area contributed by atoms with E-state index in [1.807, 2.05) is 0 Å². The van der Waals surface area contributed by atoms with Crippen molar-refractivity contribution in [2.45, 2.75) is 0 Å². The van der Waals surface area contributed by atoms with Gasteiger partial charge in [0, 0.05) is 12.2 Å². The summed E-state index contributed by atoms with van der Waals surface area (Å²) in [7, 11) is 0. The zero-order chi connectivity index (χ0) is 12.7. The summed E-state index contributed by atoms with van der Waals surface area (Å²) in [4.78, 5) is 22.6. The van der Waals surface area contributed by atoms with Gasteiger partial charge in [-0.25, -0.2) is 4.79 Å². The molecule has 17 heavy (non-hydrogen) atoms. The average Bonchev–Trinajstić information content (AvgIpc) is 2.34. The molecule has 0 aromatic heterocycles. The number of nitrogens with two attached hydrogens (primary N) is 1. The number of hydrogen-bond acceptors (Lipinski definition) is 4. The Morgan fingerprint density at radius 3 is 2.59 bits per heavy atom. The molecule has 90 valence electrons. The summed E-state index contributed by atoms with van der Waals surface area (Å²) in [5.74, 6) is -0.924. The molecule has 0 unspecified atom stereocenters. The van der Waals surface area contributed by atoms with Crippen molar-refractivity contribution in [3.63, 3.8) is 0 Å². The first-order valence-electron chi connectivity index (χ1n) is 5.03. The van der Waals surface area contributed by atoms with Gasteiger partial charge in [-0.15, -0.1) is 6.58 Å². The van der Waals surface area contributed by atoms with E-state index >= 15 is 0 Å². The number of esters is 1. The summed E-state index contributed by atoms with van der Waals surface area (Å²) in [5, 5.41) is 2.49. The number of anilines is 1. The maximum Gasteiger partial charge on any atom is 0.338 e. The molecule has 3 N–H and O–H groups in total. The van der Waals surface area contributed by atoms with E-state index in [-0.39, 0.29) is 12.5 Å². The number of rotatable bonds is 5. The summed E-state index contributed by atoms with van der Waals surface area (Å²) in [6, 6.07) is 6.27. The van der Waals surface area contributed by atoms with Crippen LogP contribution < -0.4 is 11.1 Å². The monoisotopic (exact) mass is 234 g/mol. The minimum Gasteiger partial charge on any atom is -0.452 e. The molecular weight excluding hydrogens is 220 g/mol. The molecule has 0 heterocycles. The summed E-state index contributed by atoms with van der Waals surface area (Å²) in [6.45, 7) is 3.49. The third-order valence-electron chi connectivity index (χ3n) is 1.92. The zero-order valence-corrected chi connectivity index (χ0v) is 9.31.